The molecule has 1 aliphatic carbocycles. The molecule has 4 rings (SSSR count). The molecule has 1 heterocycles. The van der Waals surface area contributed by atoms with Crippen molar-refractivity contribution in [2.24, 2.45) is 5.92 Å². The molecule has 5 atom stereocenters. The second-order valence-electron chi connectivity index (χ2n) is 8.27. The zero-order valence-corrected chi connectivity index (χ0v) is 19.2. The summed E-state index contributed by atoms with van der Waals surface area (Å²) in [5, 5.41) is 35.5. The monoisotopic (exact) mass is 491 g/mol. The number of nitro groups is 2. The molecule has 1 saturated carbocycles. The molecule has 2 N–H and O–H groups in total. The summed E-state index contributed by atoms with van der Waals surface area (Å²) < 4.78 is 0. The van der Waals surface area contributed by atoms with Crippen molar-refractivity contribution >= 4 is 46.4 Å². The highest BCUT2D eigenvalue weighted by Gasteiger charge is 2.52. The number of aromatic carboxylic acids is 1. The van der Waals surface area contributed by atoms with Crippen LogP contribution in [0.1, 0.15) is 48.0 Å². The molecule has 0 radical (unpaired) electrons. The van der Waals surface area contributed by atoms with Gasteiger partial charge in [-0.25, -0.2) is 4.79 Å². The van der Waals surface area contributed by atoms with Crippen LogP contribution in [0, 0.1) is 26.1 Å². The van der Waals surface area contributed by atoms with Crippen molar-refractivity contribution in [1.82, 2.24) is 0 Å². The number of carbonyl (C=O) groups is 1. The number of nitrogens with one attached hydrogen (secondary N) is 1. The Bertz CT molecular complexity index is 1130. The number of hydrogen-bond donors (Lipinski definition) is 2. The topological polar surface area (TPSA) is 136 Å². The normalized spacial score (nSPS) is 25.6. The molecule has 0 bridgehead atoms. The largest absolute Gasteiger partial charge is 0.478 e. The Balaban J connectivity index is 1.80. The lowest BCUT2D eigenvalue weighted by molar-refractivity contribution is -0.387. The zero-order chi connectivity index (χ0) is 23.9. The van der Waals surface area contributed by atoms with Gasteiger partial charge in [0.1, 0.15) is 0 Å². The van der Waals surface area contributed by atoms with Crippen LogP contribution in [0.5, 0.6) is 0 Å². The second kappa shape index (κ2) is 9.18. The Morgan fingerprint density at radius 2 is 1.88 bits per heavy atom. The first-order valence-electron chi connectivity index (χ1n) is 10.6. The average Bonchev–Trinajstić information content (AvgIpc) is 3.09. The molecule has 2 aromatic carbocycles. The highest BCUT2D eigenvalue weighted by molar-refractivity contribution is 8.00. The summed E-state index contributed by atoms with van der Waals surface area (Å²) in [6.45, 7) is 2.02. The van der Waals surface area contributed by atoms with Gasteiger partial charge in [-0.15, -0.1) is 23.4 Å². The number of nitrogens with zero attached hydrogens (tertiary/aromatic N) is 2. The lowest BCUT2D eigenvalue weighted by atomic mass is 9.76. The van der Waals surface area contributed by atoms with Crippen LogP contribution < -0.4 is 5.32 Å². The molecule has 9 nitrogen and oxygen atoms in total. The Kier molecular flexibility index (Phi) is 6.49. The molecule has 0 unspecified atom stereocenters. The number of anilines is 1. The molecular formula is C22H22ClN3O6S. The minimum Gasteiger partial charge on any atom is -0.478 e. The van der Waals surface area contributed by atoms with Gasteiger partial charge >= 0.3 is 5.97 Å². The molecule has 0 spiro atoms. The second-order valence-corrected chi connectivity index (χ2v) is 10.1. The summed E-state index contributed by atoms with van der Waals surface area (Å²) in [7, 11) is 0. The third-order valence-electron chi connectivity index (χ3n) is 6.43. The molecule has 1 aliphatic heterocycles. The number of para-hydroxylation sites is 1. The first kappa shape index (κ1) is 23.3. The van der Waals surface area contributed by atoms with Crippen LogP contribution in [0.25, 0.3) is 0 Å². The van der Waals surface area contributed by atoms with Gasteiger partial charge in [0.2, 0.25) is 0 Å². The summed E-state index contributed by atoms with van der Waals surface area (Å²) in [6.07, 6.45) is 2.18. The molecule has 11 heteroatoms. The van der Waals surface area contributed by atoms with Crippen LogP contribution in [-0.4, -0.2) is 37.6 Å². The number of fused-ring (bicyclic) bond motifs is 3. The van der Waals surface area contributed by atoms with E-state index in [1.807, 2.05) is 6.92 Å². The van der Waals surface area contributed by atoms with Gasteiger partial charge in [0.25, 0.3) is 11.4 Å². The molecule has 2 aromatic rings. The van der Waals surface area contributed by atoms with Crippen molar-refractivity contribution in [1.29, 1.82) is 0 Å². The third kappa shape index (κ3) is 4.13. The summed E-state index contributed by atoms with van der Waals surface area (Å²) >= 11 is 8.26. The van der Waals surface area contributed by atoms with E-state index in [4.69, 9.17) is 11.6 Å². The SMILES string of the molecule is CCC[C@@H]1Nc2c(C(=O)O)ccc([N+](=O)[O-])c2[C@@H]2[C@H](Cl)[C@H](Sc3ccccc3[N+](=O)[O-])C[C@@H]21. The molecule has 0 amide bonds. The number of carboxylic acids is 1. The number of rotatable bonds is 7. The standard InChI is InChI=1S/C22H22ClN3O6S/c1-2-5-13-12-10-17(33-16-7-4-3-6-14(16)25(29)30)20(23)18(12)19-15(26(31)32)9-8-11(22(27)28)21(19)24-13/h3-4,6-9,12-13,17-18,20,24H,2,5,10H2,1H3,(H,27,28)/t12-,13+,17-,18-,20-/m1/s1. The van der Waals surface area contributed by atoms with Gasteiger partial charge < -0.3 is 10.4 Å². The number of thioether (sulfide) groups is 1. The van der Waals surface area contributed by atoms with Crippen LogP contribution >= 0.6 is 23.4 Å². The van der Waals surface area contributed by atoms with E-state index in [2.05, 4.69) is 5.32 Å². The highest BCUT2D eigenvalue weighted by Crippen LogP contribution is 2.57. The maximum atomic E-state index is 11.9. The molecule has 33 heavy (non-hydrogen) atoms. The predicted molar refractivity (Wildman–Crippen MR) is 126 cm³/mol. The van der Waals surface area contributed by atoms with Crippen LogP contribution in [0.2, 0.25) is 0 Å². The zero-order valence-electron chi connectivity index (χ0n) is 17.6. The molecule has 0 saturated heterocycles. The lowest BCUT2D eigenvalue weighted by Crippen LogP contribution is -2.38. The van der Waals surface area contributed by atoms with Crippen molar-refractivity contribution in [2.45, 2.75) is 53.7 Å². The molecular weight excluding hydrogens is 470 g/mol. The van der Waals surface area contributed by atoms with Crippen molar-refractivity contribution in [3.63, 3.8) is 0 Å². The summed E-state index contributed by atoms with van der Waals surface area (Å²) in [5.41, 5.74) is 0.397. The number of halogens is 1. The van der Waals surface area contributed by atoms with Crippen molar-refractivity contribution in [3.8, 4) is 0 Å². The maximum absolute atomic E-state index is 11.9. The minimum absolute atomic E-state index is 0.0102. The van der Waals surface area contributed by atoms with Gasteiger partial charge in [0.05, 0.1) is 36.9 Å². The summed E-state index contributed by atoms with van der Waals surface area (Å²) in [4.78, 5) is 34.8. The quantitative estimate of drug-likeness (QED) is 0.287. The number of nitro benzene ring substituents is 2. The third-order valence-corrected chi connectivity index (χ3v) is 8.55. The Morgan fingerprint density at radius 1 is 1.18 bits per heavy atom. The first-order valence-corrected chi connectivity index (χ1v) is 11.9. The number of carboxylic acid groups (broad SMARTS) is 1. The maximum Gasteiger partial charge on any atom is 0.337 e. The van der Waals surface area contributed by atoms with Crippen LogP contribution in [0.15, 0.2) is 41.3 Å². The number of hydrogen-bond acceptors (Lipinski definition) is 7. The van der Waals surface area contributed by atoms with Crippen LogP contribution in [0.4, 0.5) is 17.1 Å². The van der Waals surface area contributed by atoms with Crippen molar-refractivity contribution < 1.29 is 19.7 Å². The Hall–Kier alpha value is -2.85. The summed E-state index contributed by atoms with van der Waals surface area (Å²) in [5.74, 6) is -1.68. The van der Waals surface area contributed by atoms with E-state index in [1.165, 1.54) is 30.0 Å². The average molecular weight is 492 g/mol. The van der Waals surface area contributed by atoms with E-state index in [0.29, 0.717) is 16.9 Å². The van der Waals surface area contributed by atoms with Crippen molar-refractivity contribution in [3.05, 3.63) is 67.8 Å². The van der Waals surface area contributed by atoms with Gasteiger partial charge in [0.15, 0.2) is 0 Å². The van der Waals surface area contributed by atoms with E-state index in [-0.39, 0.29) is 39.8 Å². The number of alkyl halides is 1. The fourth-order valence-electron chi connectivity index (χ4n) is 5.11. The first-order chi connectivity index (χ1) is 15.7. The smallest absolute Gasteiger partial charge is 0.337 e. The van der Waals surface area contributed by atoms with Gasteiger partial charge in [-0.3, -0.25) is 20.2 Å². The lowest BCUT2D eigenvalue weighted by Gasteiger charge is -2.38. The highest BCUT2D eigenvalue weighted by atomic mass is 35.5. The van der Waals surface area contributed by atoms with Crippen LogP contribution in [0.3, 0.4) is 0 Å². The fraction of sp³-hybridized carbons (Fsp3) is 0.409. The van der Waals surface area contributed by atoms with Crippen molar-refractivity contribution in [2.75, 3.05) is 5.32 Å². The Morgan fingerprint density at radius 3 is 2.52 bits per heavy atom. The fourth-order valence-corrected chi connectivity index (χ4v) is 7.05. The van der Waals surface area contributed by atoms with E-state index in [9.17, 15) is 30.1 Å². The van der Waals surface area contributed by atoms with Gasteiger partial charge in [-0.1, -0.05) is 25.5 Å². The summed E-state index contributed by atoms with van der Waals surface area (Å²) in [6, 6.07) is 8.82. The van der Waals surface area contributed by atoms with Gasteiger partial charge in [-0.2, -0.15) is 0 Å². The molecule has 1 fully saturated rings. The number of benzene rings is 2. The molecule has 0 aromatic heterocycles. The molecule has 2 aliphatic rings. The van der Waals surface area contributed by atoms with E-state index < -0.39 is 27.1 Å². The van der Waals surface area contributed by atoms with Crippen LogP contribution in [-0.2, 0) is 0 Å². The minimum atomic E-state index is -1.17. The van der Waals surface area contributed by atoms with E-state index in [0.717, 1.165) is 12.8 Å². The Labute approximate surface area is 198 Å². The van der Waals surface area contributed by atoms with E-state index in [1.54, 1.807) is 18.2 Å². The predicted octanol–water partition coefficient (Wildman–Crippen LogP) is 5.67. The van der Waals surface area contributed by atoms with Gasteiger partial charge in [-0.05, 0) is 30.9 Å². The van der Waals surface area contributed by atoms with Gasteiger partial charge in [0, 0.05) is 29.3 Å². The molecule has 174 valence electrons. The van der Waals surface area contributed by atoms with E-state index >= 15 is 0 Å².